The summed E-state index contributed by atoms with van der Waals surface area (Å²) in [5.74, 6) is 1.36. The van der Waals surface area contributed by atoms with Crippen LogP contribution in [0.1, 0.15) is 5.76 Å². The molecule has 2 aromatic heterocycles. The van der Waals surface area contributed by atoms with Crippen molar-refractivity contribution in [1.29, 1.82) is 0 Å². The lowest BCUT2D eigenvalue weighted by Crippen LogP contribution is -1.64. The Morgan fingerprint density at radius 2 is 2.08 bits per heavy atom. The minimum atomic E-state index is -0.390. The summed E-state index contributed by atoms with van der Waals surface area (Å²) in [6, 6.07) is 4.83. The smallest absolute Gasteiger partial charge is 0.172 e. The Morgan fingerprint density at radius 1 is 1.25 bits per heavy atom. The van der Waals surface area contributed by atoms with Crippen LogP contribution in [0.3, 0.4) is 0 Å². The Bertz CT molecular complexity index is 348. The Balaban J connectivity index is 2.43. The summed E-state index contributed by atoms with van der Waals surface area (Å²) in [7, 11) is 0. The first-order chi connectivity index (χ1) is 5.75. The van der Waals surface area contributed by atoms with Crippen LogP contribution in [0.2, 0.25) is 0 Å². The molecule has 2 nitrogen and oxygen atoms in total. The molecule has 0 amide bonds. The highest BCUT2D eigenvalue weighted by atomic mass is 19.1. The van der Waals surface area contributed by atoms with Gasteiger partial charge in [0.1, 0.15) is 12.0 Å². The van der Waals surface area contributed by atoms with Crippen molar-refractivity contribution < 1.29 is 13.2 Å². The molecule has 0 spiro atoms. The van der Waals surface area contributed by atoms with Crippen LogP contribution in [-0.2, 0) is 0 Å². The van der Waals surface area contributed by atoms with Gasteiger partial charge in [-0.25, -0.2) is 4.39 Å². The van der Waals surface area contributed by atoms with E-state index in [1.807, 2.05) is 6.92 Å². The van der Waals surface area contributed by atoms with Gasteiger partial charge in [-0.2, -0.15) is 0 Å². The molecule has 0 radical (unpaired) electrons. The summed E-state index contributed by atoms with van der Waals surface area (Å²) in [6.07, 6.45) is 1.05. The van der Waals surface area contributed by atoms with Gasteiger partial charge in [-0.3, -0.25) is 0 Å². The number of rotatable bonds is 1. The van der Waals surface area contributed by atoms with Crippen molar-refractivity contribution in [2.75, 3.05) is 0 Å². The van der Waals surface area contributed by atoms with Gasteiger partial charge in [0, 0.05) is 6.07 Å². The number of furan rings is 2. The average molecular weight is 166 g/mol. The van der Waals surface area contributed by atoms with E-state index in [2.05, 4.69) is 0 Å². The second-order valence-corrected chi connectivity index (χ2v) is 2.54. The van der Waals surface area contributed by atoms with Crippen molar-refractivity contribution in [3.05, 3.63) is 36.0 Å². The normalized spacial score (nSPS) is 10.5. The van der Waals surface area contributed by atoms with Crippen LogP contribution < -0.4 is 0 Å². The molecule has 0 aromatic carbocycles. The number of hydrogen-bond acceptors (Lipinski definition) is 2. The van der Waals surface area contributed by atoms with E-state index in [0.717, 1.165) is 12.0 Å². The van der Waals surface area contributed by atoms with Crippen LogP contribution in [0.25, 0.3) is 11.5 Å². The van der Waals surface area contributed by atoms with Gasteiger partial charge in [-0.05, 0) is 19.1 Å². The molecule has 12 heavy (non-hydrogen) atoms. The maximum Gasteiger partial charge on any atom is 0.172 e. The predicted octanol–water partition coefficient (Wildman–Crippen LogP) is 2.99. The lowest BCUT2D eigenvalue weighted by Gasteiger charge is -1.86. The Kier molecular flexibility index (Phi) is 1.50. The molecule has 2 rings (SSSR count). The molecule has 0 saturated heterocycles. The molecule has 0 unspecified atom stereocenters. The zero-order valence-corrected chi connectivity index (χ0v) is 6.50. The lowest BCUT2D eigenvalue weighted by molar-refractivity contribution is 0.499. The quantitative estimate of drug-likeness (QED) is 0.650. The fraction of sp³-hybridized carbons (Fsp3) is 0.111. The topological polar surface area (TPSA) is 26.3 Å². The van der Waals surface area contributed by atoms with Crippen molar-refractivity contribution in [3.63, 3.8) is 0 Å². The van der Waals surface area contributed by atoms with Gasteiger partial charge < -0.3 is 8.83 Å². The van der Waals surface area contributed by atoms with Gasteiger partial charge in [-0.15, -0.1) is 0 Å². The summed E-state index contributed by atoms with van der Waals surface area (Å²) in [5.41, 5.74) is 0. The molecule has 0 N–H and O–H groups in total. The van der Waals surface area contributed by atoms with E-state index in [1.54, 1.807) is 12.1 Å². The second kappa shape index (κ2) is 2.52. The van der Waals surface area contributed by atoms with Crippen LogP contribution in [0.5, 0.6) is 0 Å². The Hall–Kier alpha value is -1.51. The van der Waals surface area contributed by atoms with Crippen molar-refractivity contribution in [2.45, 2.75) is 6.92 Å². The molecule has 0 fully saturated rings. The summed E-state index contributed by atoms with van der Waals surface area (Å²) >= 11 is 0. The third-order valence-corrected chi connectivity index (χ3v) is 1.55. The molecular weight excluding hydrogens is 159 g/mol. The van der Waals surface area contributed by atoms with Crippen molar-refractivity contribution in [2.24, 2.45) is 0 Å². The largest absolute Gasteiger partial charge is 0.458 e. The second-order valence-electron chi connectivity index (χ2n) is 2.54. The fourth-order valence-electron chi connectivity index (χ4n) is 1.01. The zero-order valence-electron chi connectivity index (χ0n) is 6.50. The first kappa shape index (κ1) is 7.16. The summed E-state index contributed by atoms with van der Waals surface area (Å²) < 4.78 is 22.6. The third kappa shape index (κ3) is 1.13. The number of aryl methyl sites for hydroxylation is 1. The van der Waals surface area contributed by atoms with E-state index in [-0.39, 0.29) is 5.82 Å². The molecule has 2 heterocycles. The first-order valence-corrected chi connectivity index (χ1v) is 3.56. The van der Waals surface area contributed by atoms with E-state index in [0.29, 0.717) is 11.5 Å². The zero-order chi connectivity index (χ0) is 8.55. The highest BCUT2D eigenvalue weighted by molar-refractivity contribution is 5.49. The first-order valence-electron chi connectivity index (χ1n) is 3.56. The number of hydrogen-bond donors (Lipinski definition) is 0. The standard InChI is InChI=1S/C9H7FO2/c1-6-2-3-8(12-6)9-4-7(10)5-11-9/h2-5H,1H3. The van der Waals surface area contributed by atoms with Gasteiger partial charge in [-0.1, -0.05) is 0 Å². The SMILES string of the molecule is Cc1ccc(-c2cc(F)co2)o1. The number of halogens is 1. The van der Waals surface area contributed by atoms with Crippen LogP contribution in [0.4, 0.5) is 4.39 Å². The summed E-state index contributed by atoms with van der Waals surface area (Å²) in [5, 5.41) is 0. The van der Waals surface area contributed by atoms with Gasteiger partial charge in [0.15, 0.2) is 17.3 Å². The van der Waals surface area contributed by atoms with Crippen LogP contribution in [0, 0.1) is 12.7 Å². The van der Waals surface area contributed by atoms with E-state index >= 15 is 0 Å². The molecule has 3 heteroatoms. The average Bonchev–Trinajstić information content (AvgIpc) is 2.58. The molecule has 0 aliphatic heterocycles. The molecule has 0 bridgehead atoms. The molecule has 0 aliphatic carbocycles. The fourth-order valence-corrected chi connectivity index (χ4v) is 1.01. The molecule has 0 atom stereocenters. The molecule has 0 aliphatic rings. The van der Waals surface area contributed by atoms with Crippen LogP contribution in [-0.4, -0.2) is 0 Å². The minimum Gasteiger partial charge on any atom is -0.458 e. The van der Waals surface area contributed by atoms with E-state index < -0.39 is 0 Å². The van der Waals surface area contributed by atoms with E-state index in [4.69, 9.17) is 8.83 Å². The maximum atomic E-state index is 12.5. The van der Waals surface area contributed by atoms with E-state index in [1.165, 1.54) is 6.07 Å². The monoisotopic (exact) mass is 166 g/mol. The summed E-state index contributed by atoms with van der Waals surface area (Å²) in [6.45, 7) is 1.82. The highest BCUT2D eigenvalue weighted by Crippen LogP contribution is 2.23. The minimum absolute atomic E-state index is 0.390. The molecule has 0 saturated carbocycles. The summed E-state index contributed by atoms with van der Waals surface area (Å²) in [4.78, 5) is 0. The molecule has 2 aromatic rings. The Labute approximate surface area is 68.6 Å². The van der Waals surface area contributed by atoms with Gasteiger partial charge in [0.2, 0.25) is 0 Å². The molecule has 62 valence electrons. The molecular formula is C9H7FO2. The van der Waals surface area contributed by atoms with Gasteiger partial charge in [0.25, 0.3) is 0 Å². The predicted molar refractivity (Wildman–Crippen MR) is 41.1 cm³/mol. The Morgan fingerprint density at radius 3 is 2.58 bits per heavy atom. The van der Waals surface area contributed by atoms with Crippen LogP contribution in [0.15, 0.2) is 33.3 Å². The highest BCUT2D eigenvalue weighted by Gasteiger charge is 2.07. The van der Waals surface area contributed by atoms with Crippen molar-refractivity contribution in [3.8, 4) is 11.5 Å². The lowest BCUT2D eigenvalue weighted by atomic mass is 10.3. The maximum absolute atomic E-state index is 12.5. The van der Waals surface area contributed by atoms with Crippen LogP contribution >= 0.6 is 0 Å². The van der Waals surface area contributed by atoms with E-state index in [9.17, 15) is 4.39 Å². The van der Waals surface area contributed by atoms with Gasteiger partial charge in [0.05, 0.1) is 0 Å². The third-order valence-electron chi connectivity index (χ3n) is 1.55. The van der Waals surface area contributed by atoms with Gasteiger partial charge >= 0.3 is 0 Å². The van der Waals surface area contributed by atoms with Crippen molar-refractivity contribution >= 4 is 0 Å². The van der Waals surface area contributed by atoms with Crippen molar-refractivity contribution in [1.82, 2.24) is 0 Å².